The molecule has 2 atom stereocenters. The van der Waals surface area contributed by atoms with Crippen LogP contribution in [0.1, 0.15) is 56.9 Å². The van der Waals surface area contributed by atoms with Crippen LogP contribution in [0.25, 0.3) is 0 Å². The summed E-state index contributed by atoms with van der Waals surface area (Å²) in [7, 11) is 0. The number of hydrogen-bond acceptors (Lipinski definition) is 4. The van der Waals surface area contributed by atoms with Gasteiger partial charge in [0.05, 0.1) is 0 Å². The fraction of sp³-hybridized carbons (Fsp3) is 0.667. The van der Waals surface area contributed by atoms with Gasteiger partial charge in [-0.2, -0.15) is 0 Å². The molecule has 2 fully saturated rings. The van der Waals surface area contributed by atoms with Crippen molar-refractivity contribution < 1.29 is 14.3 Å². The van der Waals surface area contributed by atoms with Gasteiger partial charge in [0, 0.05) is 24.4 Å². The predicted octanol–water partition coefficient (Wildman–Crippen LogP) is 3.33. The minimum atomic E-state index is 0. The van der Waals surface area contributed by atoms with Gasteiger partial charge in [-0.25, -0.2) is 0 Å². The lowest BCUT2D eigenvalue weighted by atomic mass is 9.78. The molecule has 5 nitrogen and oxygen atoms in total. The molecule has 1 aromatic carbocycles. The number of ether oxygens (including phenoxy) is 2. The van der Waals surface area contributed by atoms with Crippen molar-refractivity contribution in [3.8, 4) is 11.5 Å². The van der Waals surface area contributed by atoms with Crippen molar-refractivity contribution >= 4 is 18.3 Å². The number of fused-ring (bicyclic) bond motifs is 1. The van der Waals surface area contributed by atoms with Crippen molar-refractivity contribution in [2.75, 3.05) is 19.8 Å². The minimum absolute atomic E-state index is 0. The van der Waals surface area contributed by atoms with Gasteiger partial charge in [-0.05, 0) is 49.3 Å². The van der Waals surface area contributed by atoms with Gasteiger partial charge < -0.3 is 20.5 Å². The molecule has 4 rings (SSSR count). The van der Waals surface area contributed by atoms with Gasteiger partial charge in [-0.15, -0.1) is 12.4 Å². The molecule has 0 unspecified atom stereocenters. The van der Waals surface area contributed by atoms with E-state index in [1.54, 1.807) is 0 Å². The Morgan fingerprint density at radius 2 is 1.85 bits per heavy atom. The summed E-state index contributed by atoms with van der Waals surface area (Å²) in [5.41, 5.74) is 7.40. The average Bonchev–Trinajstić information content (AvgIpc) is 3.30. The van der Waals surface area contributed by atoms with Crippen molar-refractivity contribution in [1.29, 1.82) is 0 Å². The zero-order valence-electron chi connectivity index (χ0n) is 15.9. The third-order valence-electron chi connectivity index (χ3n) is 6.50. The van der Waals surface area contributed by atoms with E-state index in [2.05, 4.69) is 17.4 Å². The van der Waals surface area contributed by atoms with Crippen molar-refractivity contribution in [2.45, 2.75) is 62.8 Å². The van der Waals surface area contributed by atoms with Crippen LogP contribution in [0, 0.1) is 5.92 Å². The maximum Gasteiger partial charge on any atom is 0.220 e. The van der Waals surface area contributed by atoms with E-state index in [4.69, 9.17) is 15.2 Å². The van der Waals surface area contributed by atoms with E-state index >= 15 is 0 Å². The van der Waals surface area contributed by atoms with Crippen LogP contribution in [0.5, 0.6) is 11.5 Å². The van der Waals surface area contributed by atoms with Crippen LogP contribution >= 0.6 is 12.4 Å². The lowest BCUT2D eigenvalue weighted by Gasteiger charge is -2.31. The summed E-state index contributed by atoms with van der Waals surface area (Å²) in [5, 5.41) is 3.22. The summed E-state index contributed by atoms with van der Waals surface area (Å²) in [6.07, 6.45) is 8.49. The molecule has 3 N–H and O–H groups in total. The number of benzene rings is 1. The number of nitrogens with two attached hydrogens (primary N) is 1. The van der Waals surface area contributed by atoms with Gasteiger partial charge in [0.2, 0.25) is 5.91 Å². The Morgan fingerprint density at radius 3 is 2.56 bits per heavy atom. The summed E-state index contributed by atoms with van der Waals surface area (Å²) in [4.78, 5) is 12.5. The Kier molecular flexibility index (Phi) is 6.53. The molecule has 150 valence electrons. The molecule has 0 spiro atoms. The van der Waals surface area contributed by atoms with Gasteiger partial charge in [-0.1, -0.05) is 25.3 Å². The average molecular weight is 395 g/mol. The number of carbonyl (C=O) groups excluding carboxylic acids is 1. The Morgan fingerprint density at radius 1 is 1.11 bits per heavy atom. The van der Waals surface area contributed by atoms with Crippen LogP contribution in [0.3, 0.4) is 0 Å². The standard InChI is InChI=1S/C21H30N2O3.ClH/c22-17-5-3-4-15(17)12-20(24)23-14-21(8-1-2-9-21)16-6-7-18-19(13-16)26-11-10-25-18;/h6-7,13,15,17H,1-5,8-12,14,22H2,(H,23,24);1H/t15-,17+;/m0./s1. The van der Waals surface area contributed by atoms with Crippen LogP contribution in [0.4, 0.5) is 0 Å². The van der Waals surface area contributed by atoms with E-state index in [1.807, 2.05) is 6.07 Å². The predicted molar refractivity (Wildman–Crippen MR) is 108 cm³/mol. The Bertz CT molecular complexity index is 661. The summed E-state index contributed by atoms with van der Waals surface area (Å²) in [5.74, 6) is 2.16. The van der Waals surface area contributed by atoms with Crippen molar-refractivity contribution in [3.63, 3.8) is 0 Å². The van der Waals surface area contributed by atoms with Crippen LogP contribution in [-0.4, -0.2) is 31.7 Å². The number of amides is 1. The molecule has 1 heterocycles. The van der Waals surface area contributed by atoms with Gasteiger partial charge in [0.25, 0.3) is 0 Å². The quantitative estimate of drug-likeness (QED) is 0.803. The second kappa shape index (κ2) is 8.70. The van der Waals surface area contributed by atoms with Gasteiger partial charge >= 0.3 is 0 Å². The maximum absolute atomic E-state index is 12.5. The summed E-state index contributed by atoms with van der Waals surface area (Å²) < 4.78 is 11.4. The Labute approximate surface area is 167 Å². The van der Waals surface area contributed by atoms with Crippen molar-refractivity contribution in [1.82, 2.24) is 5.32 Å². The molecule has 6 heteroatoms. The highest BCUT2D eigenvalue weighted by atomic mass is 35.5. The molecule has 1 aliphatic heterocycles. The fourth-order valence-electron chi connectivity index (χ4n) is 4.89. The van der Waals surface area contributed by atoms with E-state index < -0.39 is 0 Å². The zero-order chi connectivity index (χ0) is 18.0. The fourth-order valence-corrected chi connectivity index (χ4v) is 4.89. The number of hydrogen-bond donors (Lipinski definition) is 2. The third kappa shape index (κ3) is 4.35. The summed E-state index contributed by atoms with van der Waals surface area (Å²) >= 11 is 0. The maximum atomic E-state index is 12.5. The first-order chi connectivity index (χ1) is 12.7. The molecular weight excluding hydrogens is 364 g/mol. The third-order valence-corrected chi connectivity index (χ3v) is 6.50. The molecule has 0 saturated heterocycles. The van der Waals surface area contributed by atoms with E-state index in [0.717, 1.165) is 43.6 Å². The van der Waals surface area contributed by atoms with Crippen molar-refractivity contribution in [2.24, 2.45) is 11.7 Å². The number of halogens is 1. The molecule has 2 saturated carbocycles. The topological polar surface area (TPSA) is 73.6 Å². The SMILES string of the molecule is Cl.N[C@@H]1CCC[C@H]1CC(=O)NCC1(c2ccc3c(c2)OCCO3)CCCC1. The highest BCUT2D eigenvalue weighted by molar-refractivity contribution is 5.85. The lowest BCUT2D eigenvalue weighted by Crippen LogP contribution is -2.40. The Hall–Kier alpha value is -1.46. The van der Waals surface area contributed by atoms with E-state index in [-0.39, 0.29) is 29.8 Å². The molecule has 1 amide bonds. The highest BCUT2D eigenvalue weighted by Crippen LogP contribution is 2.44. The van der Waals surface area contributed by atoms with E-state index in [0.29, 0.717) is 32.1 Å². The second-order valence-corrected chi connectivity index (χ2v) is 8.18. The summed E-state index contributed by atoms with van der Waals surface area (Å²) in [6, 6.07) is 6.49. The summed E-state index contributed by atoms with van der Waals surface area (Å²) in [6.45, 7) is 1.91. The molecule has 1 aromatic rings. The van der Waals surface area contributed by atoms with Crippen LogP contribution in [0.15, 0.2) is 18.2 Å². The molecule has 3 aliphatic rings. The first-order valence-electron chi connectivity index (χ1n) is 10.1. The van der Waals surface area contributed by atoms with Gasteiger partial charge in [0.15, 0.2) is 11.5 Å². The van der Waals surface area contributed by atoms with Gasteiger partial charge in [-0.3, -0.25) is 4.79 Å². The molecule has 2 aliphatic carbocycles. The first kappa shape index (κ1) is 20.3. The molecule has 0 radical (unpaired) electrons. The number of nitrogens with one attached hydrogen (secondary N) is 1. The zero-order valence-corrected chi connectivity index (χ0v) is 16.7. The highest BCUT2D eigenvalue weighted by Gasteiger charge is 2.37. The van der Waals surface area contributed by atoms with Gasteiger partial charge in [0.1, 0.15) is 13.2 Å². The number of carbonyl (C=O) groups is 1. The lowest BCUT2D eigenvalue weighted by molar-refractivity contribution is -0.122. The smallest absolute Gasteiger partial charge is 0.220 e. The second-order valence-electron chi connectivity index (χ2n) is 8.18. The molecule has 0 bridgehead atoms. The minimum Gasteiger partial charge on any atom is -0.486 e. The van der Waals surface area contributed by atoms with E-state index in [1.165, 1.54) is 18.4 Å². The normalized spacial score (nSPS) is 25.7. The largest absolute Gasteiger partial charge is 0.486 e. The Balaban J connectivity index is 0.00000210. The molecule has 0 aromatic heterocycles. The van der Waals surface area contributed by atoms with Crippen LogP contribution in [-0.2, 0) is 10.2 Å². The van der Waals surface area contributed by atoms with Crippen LogP contribution in [0.2, 0.25) is 0 Å². The first-order valence-corrected chi connectivity index (χ1v) is 10.1. The number of rotatable bonds is 5. The molecule has 27 heavy (non-hydrogen) atoms. The molecular formula is C21H31ClN2O3. The van der Waals surface area contributed by atoms with Crippen molar-refractivity contribution in [3.05, 3.63) is 23.8 Å². The van der Waals surface area contributed by atoms with E-state index in [9.17, 15) is 4.79 Å². The van der Waals surface area contributed by atoms with Crippen LogP contribution < -0.4 is 20.5 Å². The monoisotopic (exact) mass is 394 g/mol.